The molecular weight excluding hydrogens is 458 g/mol. The fourth-order valence-corrected chi connectivity index (χ4v) is 5.43. The van der Waals surface area contributed by atoms with Crippen LogP contribution >= 0.6 is 11.5 Å². The first-order valence-electron chi connectivity index (χ1n) is 12.1. The van der Waals surface area contributed by atoms with Gasteiger partial charge in [0.25, 0.3) is 0 Å². The van der Waals surface area contributed by atoms with Crippen LogP contribution in [-0.2, 0) is 5.41 Å². The van der Waals surface area contributed by atoms with Gasteiger partial charge in [-0.05, 0) is 66.0 Å². The molecule has 2 heterocycles. The Morgan fingerprint density at radius 1 is 0.722 bits per heavy atom. The van der Waals surface area contributed by atoms with E-state index < -0.39 is 0 Å². The van der Waals surface area contributed by atoms with Crippen molar-refractivity contribution in [1.82, 2.24) is 9.36 Å². The van der Waals surface area contributed by atoms with Crippen molar-refractivity contribution in [2.75, 3.05) is 4.90 Å². The zero-order chi connectivity index (χ0) is 25.1. The van der Waals surface area contributed by atoms with Crippen LogP contribution in [0.15, 0.2) is 116 Å². The molecule has 178 valence electrons. The van der Waals surface area contributed by atoms with Crippen LogP contribution < -0.4 is 4.90 Å². The predicted octanol–water partition coefficient (Wildman–Crippen LogP) is 9.17. The summed E-state index contributed by atoms with van der Waals surface area (Å²) in [6.45, 7) is 9.87. The van der Waals surface area contributed by atoms with Crippen molar-refractivity contribution in [2.45, 2.75) is 26.2 Å². The molecule has 0 N–H and O–H groups in total. The normalized spacial score (nSPS) is 13.1. The fourth-order valence-electron chi connectivity index (χ4n) is 4.75. The summed E-state index contributed by atoms with van der Waals surface area (Å²) in [6, 6.07) is 36.2. The molecule has 0 amide bonds. The number of benzene rings is 4. The zero-order valence-corrected chi connectivity index (χ0v) is 21.7. The van der Waals surface area contributed by atoms with Crippen LogP contribution in [0.4, 0.5) is 17.1 Å². The topological polar surface area (TPSA) is 29.0 Å². The largest absolute Gasteiger partial charge is 0.310 e. The SMILES string of the molecule is C=CC.CC1(C)c2ccccc2N(c2ccc(-c3nsc(-c4ccccc4)n3)cc2)c2ccccc21. The Balaban J connectivity index is 0.000000848. The van der Waals surface area contributed by atoms with Crippen molar-refractivity contribution in [1.29, 1.82) is 0 Å². The van der Waals surface area contributed by atoms with Gasteiger partial charge in [0.15, 0.2) is 5.82 Å². The van der Waals surface area contributed by atoms with E-state index in [1.165, 1.54) is 34.0 Å². The van der Waals surface area contributed by atoms with E-state index in [4.69, 9.17) is 4.98 Å². The van der Waals surface area contributed by atoms with Crippen molar-refractivity contribution in [3.63, 3.8) is 0 Å². The van der Waals surface area contributed by atoms with Gasteiger partial charge in [-0.2, -0.15) is 4.37 Å². The van der Waals surface area contributed by atoms with E-state index in [1.807, 2.05) is 25.1 Å². The molecule has 36 heavy (non-hydrogen) atoms. The van der Waals surface area contributed by atoms with Crippen LogP contribution in [-0.4, -0.2) is 9.36 Å². The van der Waals surface area contributed by atoms with Crippen LogP contribution in [0.2, 0.25) is 0 Å². The third kappa shape index (κ3) is 4.25. The minimum atomic E-state index is -0.0536. The Hall–Kier alpha value is -4.02. The van der Waals surface area contributed by atoms with Crippen molar-refractivity contribution in [3.8, 4) is 22.0 Å². The van der Waals surface area contributed by atoms with Crippen molar-refractivity contribution < 1.29 is 0 Å². The van der Waals surface area contributed by atoms with Crippen LogP contribution in [0.3, 0.4) is 0 Å². The maximum absolute atomic E-state index is 4.78. The summed E-state index contributed by atoms with van der Waals surface area (Å²) in [5.41, 5.74) is 8.33. The third-order valence-electron chi connectivity index (χ3n) is 6.47. The molecule has 0 atom stereocenters. The Kier molecular flexibility index (Phi) is 6.53. The van der Waals surface area contributed by atoms with Gasteiger partial charge in [-0.15, -0.1) is 6.58 Å². The second-order valence-corrected chi connectivity index (χ2v) is 9.99. The molecule has 4 heteroatoms. The molecule has 0 bridgehead atoms. The van der Waals surface area contributed by atoms with Gasteiger partial charge in [-0.1, -0.05) is 86.7 Å². The monoisotopic (exact) mass is 487 g/mol. The molecule has 1 aliphatic heterocycles. The summed E-state index contributed by atoms with van der Waals surface area (Å²) in [6.07, 6.45) is 1.75. The van der Waals surface area contributed by atoms with E-state index in [0.717, 1.165) is 27.6 Å². The van der Waals surface area contributed by atoms with Gasteiger partial charge in [0.1, 0.15) is 5.01 Å². The number of rotatable bonds is 3. The van der Waals surface area contributed by atoms with Crippen molar-refractivity contribution >= 4 is 28.6 Å². The summed E-state index contributed by atoms with van der Waals surface area (Å²) in [5, 5.41) is 0.941. The lowest BCUT2D eigenvalue weighted by Crippen LogP contribution is -2.30. The Bertz CT molecular complexity index is 1430. The molecule has 0 fully saturated rings. The standard InChI is InChI=1S/C29H23N3S.C3H6/c1-29(2)23-12-6-8-14-25(23)32(26-15-9-7-13-24(26)29)22-18-16-20(17-19-22)27-30-28(33-31-27)21-10-4-3-5-11-21;1-3-2/h3-19H,1-2H3;3H,1H2,2H3. The molecule has 0 spiro atoms. The number of fused-ring (bicyclic) bond motifs is 2. The summed E-state index contributed by atoms with van der Waals surface area (Å²) < 4.78 is 4.61. The number of allylic oxidation sites excluding steroid dienone is 1. The van der Waals surface area contributed by atoms with Gasteiger partial charge in [-0.3, -0.25) is 0 Å². The van der Waals surface area contributed by atoms with Gasteiger partial charge in [0, 0.05) is 22.2 Å². The highest BCUT2D eigenvalue weighted by Gasteiger charge is 2.36. The molecule has 0 unspecified atom stereocenters. The summed E-state index contributed by atoms with van der Waals surface area (Å²) >= 11 is 1.44. The number of para-hydroxylation sites is 2. The van der Waals surface area contributed by atoms with E-state index in [9.17, 15) is 0 Å². The Morgan fingerprint density at radius 2 is 1.25 bits per heavy atom. The number of hydrogen-bond donors (Lipinski definition) is 0. The zero-order valence-electron chi connectivity index (χ0n) is 20.8. The average molecular weight is 488 g/mol. The highest BCUT2D eigenvalue weighted by molar-refractivity contribution is 7.09. The number of anilines is 3. The first kappa shape index (κ1) is 23.7. The van der Waals surface area contributed by atoms with Crippen LogP contribution in [0, 0.1) is 0 Å². The molecule has 4 aromatic carbocycles. The van der Waals surface area contributed by atoms with Crippen LogP contribution in [0.25, 0.3) is 22.0 Å². The van der Waals surface area contributed by atoms with E-state index in [-0.39, 0.29) is 5.41 Å². The second-order valence-electron chi connectivity index (χ2n) is 9.24. The van der Waals surface area contributed by atoms with Gasteiger partial charge >= 0.3 is 0 Å². The first-order chi connectivity index (χ1) is 17.5. The molecule has 3 nitrogen and oxygen atoms in total. The average Bonchev–Trinajstić information content (AvgIpc) is 3.41. The first-order valence-corrected chi connectivity index (χ1v) is 12.9. The lowest BCUT2D eigenvalue weighted by atomic mass is 9.73. The lowest BCUT2D eigenvalue weighted by molar-refractivity contribution is 0.632. The number of aromatic nitrogens is 2. The molecule has 6 rings (SSSR count). The van der Waals surface area contributed by atoms with Crippen molar-refractivity contribution in [3.05, 3.63) is 127 Å². The van der Waals surface area contributed by atoms with Gasteiger partial charge in [0.05, 0.1) is 11.4 Å². The van der Waals surface area contributed by atoms with Crippen LogP contribution in [0.1, 0.15) is 31.9 Å². The molecular formula is C32H29N3S. The number of nitrogens with zero attached hydrogens (tertiary/aromatic N) is 3. The number of hydrogen-bond acceptors (Lipinski definition) is 4. The summed E-state index contributed by atoms with van der Waals surface area (Å²) in [4.78, 5) is 7.14. The molecule has 1 aromatic heterocycles. The molecule has 0 radical (unpaired) electrons. The van der Waals surface area contributed by atoms with Crippen molar-refractivity contribution in [2.24, 2.45) is 0 Å². The highest BCUT2D eigenvalue weighted by Crippen LogP contribution is 2.51. The second kappa shape index (κ2) is 9.92. The van der Waals surface area contributed by atoms with E-state index in [0.29, 0.717) is 0 Å². The summed E-state index contributed by atoms with van der Waals surface area (Å²) in [5.74, 6) is 0.769. The molecule has 1 aliphatic rings. The quantitative estimate of drug-likeness (QED) is 0.238. The van der Waals surface area contributed by atoms with Gasteiger partial charge in [-0.25, -0.2) is 4.98 Å². The summed E-state index contributed by atoms with van der Waals surface area (Å²) in [7, 11) is 0. The maximum Gasteiger partial charge on any atom is 0.173 e. The Morgan fingerprint density at radius 3 is 1.83 bits per heavy atom. The smallest absolute Gasteiger partial charge is 0.173 e. The minimum Gasteiger partial charge on any atom is -0.310 e. The minimum absolute atomic E-state index is 0.0536. The molecule has 5 aromatic rings. The highest BCUT2D eigenvalue weighted by atomic mass is 32.1. The molecule has 0 aliphatic carbocycles. The van der Waals surface area contributed by atoms with Gasteiger partial charge < -0.3 is 4.90 Å². The maximum atomic E-state index is 4.78. The third-order valence-corrected chi connectivity index (χ3v) is 7.23. The van der Waals surface area contributed by atoms with Crippen LogP contribution in [0.5, 0.6) is 0 Å². The van der Waals surface area contributed by atoms with E-state index in [1.54, 1.807) is 6.08 Å². The molecule has 0 saturated heterocycles. The fraction of sp³-hybridized carbons (Fsp3) is 0.125. The Labute approximate surface area is 217 Å². The van der Waals surface area contributed by atoms with E-state index >= 15 is 0 Å². The van der Waals surface area contributed by atoms with E-state index in [2.05, 4.69) is 115 Å². The van der Waals surface area contributed by atoms with Gasteiger partial charge in [0.2, 0.25) is 0 Å². The molecule has 0 saturated carbocycles. The predicted molar refractivity (Wildman–Crippen MR) is 153 cm³/mol. The lowest BCUT2D eigenvalue weighted by Gasteiger charge is -2.42.